The van der Waals surface area contributed by atoms with E-state index in [0.29, 0.717) is 11.0 Å². The van der Waals surface area contributed by atoms with Crippen molar-refractivity contribution in [3.8, 4) is 0 Å². The van der Waals surface area contributed by atoms with Gasteiger partial charge in [-0.05, 0) is 55.4 Å². The molecule has 31 heavy (non-hydrogen) atoms. The minimum absolute atomic E-state index is 0.0383. The Balaban J connectivity index is 1.60. The van der Waals surface area contributed by atoms with Gasteiger partial charge in [-0.25, -0.2) is 4.99 Å². The van der Waals surface area contributed by atoms with E-state index >= 15 is 0 Å². The lowest BCUT2D eigenvalue weighted by Crippen LogP contribution is -2.46. The van der Waals surface area contributed by atoms with Crippen molar-refractivity contribution >= 4 is 34.9 Å². The highest BCUT2D eigenvalue weighted by Crippen LogP contribution is 2.37. The number of hydrogen-bond acceptors (Lipinski definition) is 6. The first kappa shape index (κ1) is 21.4. The molecule has 9 heteroatoms. The molecule has 2 aromatic carbocycles. The monoisotopic (exact) mass is 440 g/mol. The van der Waals surface area contributed by atoms with Crippen LogP contribution in [0.2, 0.25) is 5.02 Å². The summed E-state index contributed by atoms with van der Waals surface area (Å²) in [6.07, 6.45) is 1.04. The predicted molar refractivity (Wildman–Crippen MR) is 129 cm³/mol. The standard InChI is InChI=1S/C22H29ClN8/c23-16-5-6-19-18(14-16)20(28-22(27-19)29-21(25)26)15-3-1-4-17(13-15)31-11-9-30(10-12-31)8-2-7-24/h1,3-6,13-14,20H,2,7-12,24H2,(H5,25,26,27,28,29). The highest BCUT2D eigenvalue weighted by atomic mass is 35.5. The number of rotatable bonds is 5. The molecule has 1 atom stereocenters. The Morgan fingerprint density at radius 3 is 2.68 bits per heavy atom. The predicted octanol–water partition coefficient (Wildman–Crippen LogP) is 1.96. The van der Waals surface area contributed by atoms with Crippen molar-refractivity contribution in [3.05, 3.63) is 58.6 Å². The van der Waals surface area contributed by atoms with E-state index in [-0.39, 0.29) is 12.0 Å². The molecule has 4 rings (SSSR count). The minimum Gasteiger partial charge on any atom is -0.370 e. The molecule has 1 fully saturated rings. The van der Waals surface area contributed by atoms with Crippen LogP contribution in [0.3, 0.4) is 0 Å². The van der Waals surface area contributed by atoms with Gasteiger partial charge in [0, 0.05) is 48.1 Å². The van der Waals surface area contributed by atoms with Crippen LogP contribution in [0.4, 0.5) is 11.4 Å². The van der Waals surface area contributed by atoms with Crippen LogP contribution < -0.4 is 27.4 Å². The second-order valence-electron chi connectivity index (χ2n) is 7.81. The Morgan fingerprint density at radius 2 is 1.94 bits per heavy atom. The molecule has 0 spiro atoms. The Hall–Kier alpha value is -2.81. The van der Waals surface area contributed by atoms with Crippen molar-refractivity contribution in [2.24, 2.45) is 27.2 Å². The lowest BCUT2D eigenvalue weighted by Gasteiger charge is -2.36. The second kappa shape index (κ2) is 9.55. The van der Waals surface area contributed by atoms with Gasteiger partial charge in [0.05, 0.1) is 0 Å². The van der Waals surface area contributed by atoms with Gasteiger partial charge in [-0.2, -0.15) is 4.99 Å². The van der Waals surface area contributed by atoms with Crippen LogP contribution in [-0.2, 0) is 0 Å². The van der Waals surface area contributed by atoms with Gasteiger partial charge < -0.3 is 27.4 Å². The maximum atomic E-state index is 6.29. The Bertz CT molecular complexity index is 977. The normalized spacial score (nSPS) is 18.7. The lowest BCUT2D eigenvalue weighted by molar-refractivity contribution is 0.256. The maximum absolute atomic E-state index is 6.29. The van der Waals surface area contributed by atoms with Crippen molar-refractivity contribution < 1.29 is 0 Å². The summed E-state index contributed by atoms with van der Waals surface area (Å²) >= 11 is 6.29. The molecule has 2 heterocycles. The highest BCUT2D eigenvalue weighted by Gasteiger charge is 2.25. The zero-order valence-electron chi connectivity index (χ0n) is 17.5. The number of nitrogens with two attached hydrogens (primary N) is 3. The van der Waals surface area contributed by atoms with E-state index in [2.05, 4.69) is 44.4 Å². The largest absolute Gasteiger partial charge is 0.370 e. The van der Waals surface area contributed by atoms with Gasteiger partial charge in [-0.3, -0.25) is 4.90 Å². The van der Waals surface area contributed by atoms with E-state index in [4.69, 9.17) is 33.8 Å². The topological polar surface area (TPSA) is 121 Å². The van der Waals surface area contributed by atoms with Crippen LogP contribution in [0.5, 0.6) is 0 Å². The van der Waals surface area contributed by atoms with E-state index in [0.717, 1.165) is 62.5 Å². The quantitative estimate of drug-likeness (QED) is 0.416. The van der Waals surface area contributed by atoms with Crippen LogP contribution >= 0.6 is 11.6 Å². The number of fused-ring (bicyclic) bond motifs is 1. The number of nitrogens with one attached hydrogen (secondary N) is 1. The molecule has 2 aliphatic rings. The van der Waals surface area contributed by atoms with Crippen molar-refractivity contribution in [3.63, 3.8) is 0 Å². The summed E-state index contributed by atoms with van der Waals surface area (Å²) in [6.45, 7) is 5.88. The smallest absolute Gasteiger partial charge is 0.226 e. The van der Waals surface area contributed by atoms with Gasteiger partial charge >= 0.3 is 0 Å². The molecular weight excluding hydrogens is 412 g/mol. The second-order valence-corrected chi connectivity index (χ2v) is 8.25. The van der Waals surface area contributed by atoms with Gasteiger partial charge in [-0.1, -0.05) is 23.7 Å². The molecule has 7 N–H and O–H groups in total. The van der Waals surface area contributed by atoms with Crippen LogP contribution in [0.25, 0.3) is 0 Å². The molecule has 1 unspecified atom stereocenters. The number of benzene rings is 2. The van der Waals surface area contributed by atoms with Crippen LogP contribution in [0.15, 0.2) is 52.4 Å². The number of aliphatic imine (C=N–C) groups is 2. The van der Waals surface area contributed by atoms with Crippen LogP contribution in [0, 0.1) is 0 Å². The van der Waals surface area contributed by atoms with Gasteiger partial charge in [0.25, 0.3) is 0 Å². The van der Waals surface area contributed by atoms with E-state index in [9.17, 15) is 0 Å². The molecule has 0 bridgehead atoms. The van der Waals surface area contributed by atoms with Crippen LogP contribution in [0.1, 0.15) is 23.6 Å². The average molecular weight is 441 g/mol. The summed E-state index contributed by atoms with van der Waals surface area (Å²) in [6, 6.07) is 14.0. The number of nitrogens with zero attached hydrogens (tertiary/aromatic N) is 4. The highest BCUT2D eigenvalue weighted by molar-refractivity contribution is 6.30. The summed E-state index contributed by atoms with van der Waals surface area (Å²) in [5.74, 6) is 0.349. The fourth-order valence-electron chi connectivity index (χ4n) is 4.09. The molecule has 164 valence electrons. The molecule has 2 aromatic rings. The zero-order valence-corrected chi connectivity index (χ0v) is 18.2. The van der Waals surface area contributed by atoms with E-state index in [1.807, 2.05) is 18.2 Å². The third-order valence-corrected chi connectivity index (χ3v) is 5.88. The minimum atomic E-state index is -0.251. The fourth-order valence-corrected chi connectivity index (χ4v) is 4.27. The molecule has 2 aliphatic heterocycles. The average Bonchev–Trinajstić information content (AvgIpc) is 2.77. The van der Waals surface area contributed by atoms with Gasteiger partial charge in [-0.15, -0.1) is 0 Å². The lowest BCUT2D eigenvalue weighted by atomic mass is 9.96. The first-order valence-electron chi connectivity index (χ1n) is 10.5. The molecule has 8 nitrogen and oxygen atoms in total. The summed E-state index contributed by atoms with van der Waals surface area (Å²) in [5, 5.41) is 3.84. The fraction of sp³-hybridized carbons (Fsp3) is 0.364. The van der Waals surface area contributed by atoms with Crippen molar-refractivity contribution in [1.82, 2.24) is 4.90 Å². The van der Waals surface area contributed by atoms with Crippen LogP contribution in [-0.4, -0.2) is 56.1 Å². The Kier molecular flexibility index (Phi) is 6.60. The molecule has 1 saturated heterocycles. The zero-order chi connectivity index (χ0) is 21.8. The molecule has 0 radical (unpaired) electrons. The summed E-state index contributed by atoms with van der Waals surface area (Å²) in [4.78, 5) is 13.8. The van der Waals surface area contributed by atoms with Crippen molar-refractivity contribution in [2.45, 2.75) is 12.5 Å². The number of halogens is 1. The Labute approximate surface area is 187 Å². The summed E-state index contributed by atoms with van der Waals surface area (Å²) < 4.78 is 0. The van der Waals surface area contributed by atoms with Crippen molar-refractivity contribution in [1.29, 1.82) is 0 Å². The SMILES string of the molecule is NCCCN1CCN(c2cccc(C3N=C(N=C(N)N)Nc4ccc(Cl)cc43)c2)CC1. The number of guanidine groups is 2. The summed E-state index contributed by atoms with van der Waals surface area (Å²) in [7, 11) is 0. The Morgan fingerprint density at radius 1 is 1.13 bits per heavy atom. The van der Waals surface area contributed by atoms with Gasteiger partial charge in [0.2, 0.25) is 5.96 Å². The third-order valence-electron chi connectivity index (χ3n) is 5.64. The van der Waals surface area contributed by atoms with Gasteiger partial charge in [0.15, 0.2) is 5.96 Å². The first-order valence-corrected chi connectivity index (χ1v) is 10.9. The third kappa shape index (κ3) is 5.10. The number of hydrogen-bond donors (Lipinski definition) is 4. The summed E-state index contributed by atoms with van der Waals surface area (Å²) in [5.41, 5.74) is 21.0. The number of anilines is 2. The maximum Gasteiger partial charge on any atom is 0.226 e. The number of piperazine rings is 1. The molecule has 0 aliphatic carbocycles. The van der Waals surface area contributed by atoms with Crippen molar-refractivity contribution in [2.75, 3.05) is 49.5 Å². The van der Waals surface area contributed by atoms with E-state index in [1.165, 1.54) is 5.69 Å². The van der Waals surface area contributed by atoms with E-state index in [1.54, 1.807) is 0 Å². The molecular formula is C22H29ClN8. The molecule has 0 amide bonds. The first-order chi connectivity index (χ1) is 15.0. The van der Waals surface area contributed by atoms with E-state index < -0.39 is 0 Å². The van der Waals surface area contributed by atoms with Gasteiger partial charge in [0.1, 0.15) is 6.04 Å². The molecule has 0 saturated carbocycles. The molecule has 0 aromatic heterocycles.